The van der Waals surface area contributed by atoms with E-state index in [-0.39, 0.29) is 6.61 Å². The Kier molecular flexibility index (Phi) is 4.67. The molecule has 1 rings (SSSR count). The predicted molar refractivity (Wildman–Crippen MR) is 65.6 cm³/mol. The minimum Gasteiger partial charge on any atom is -0.444 e. The third kappa shape index (κ3) is 4.71. The van der Waals surface area contributed by atoms with Gasteiger partial charge < -0.3 is 15.2 Å². The lowest BCUT2D eigenvalue weighted by molar-refractivity contribution is 0.0481. The molecule has 1 atom stereocenters. The maximum atomic E-state index is 13.0. The van der Waals surface area contributed by atoms with Crippen molar-refractivity contribution in [2.45, 2.75) is 32.4 Å². The summed E-state index contributed by atoms with van der Waals surface area (Å²) in [4.78, 5) is 11.5. The minimum atomic E-state index is -0.685. The van der Waals surface area contributed by atoms with Crippen molar-refractivity contribution in [1.29, 1.82) is 0 Å². The fourth-order valence-corrected chi connectivity index (χ4v) is 1.41. The van der Waals surface area contributed by atoms with Crippen molar-refractivity contribution in [3.63, 3.8) is 0 Å². The number of halogens is 1. The van der Waals surface area contributed by atoms with Crippen LogP contribution in [0.5, 0.6) is 0 Å². The molecule has 5 heteroatoms. The van der Waals surface area contributed by atoms with E-state index in [1.54, 1.807) is 26.8 Å². The van der Waals surface area contributed by atoms with Gasteiger partial charge in [-0.05, 0) is 38.5 Å². The smallest absolute Gasteiger partial charge is 0.408 e. The van der Waals surface area contributed by atoms with E-state index in [0.717, 1.165) is 0 Å². The number of carbonyl (C=O) groups excluding carboxylic acids is 1. The van der Waals surface area contributed by atoms with E-state index in [1.165, 1.54) is 18.2 Å². The maximum absolute atomic E-state index is 13.0. The molecule has 0 saturated heterocycles. The maximum Gasteiger partial charge on any atom is 0.408 e. The minimum absolute atomic E-state index is 0.331. The van der Waals surface area contributed by atoms with Crippen LogP contribution in [-0.2, 0) is 4.74 Å². The molecule has 1 aromatic carbocycles. The number of aliphatic hydroxyl groups is 1. The molecule has 0 radical (unpaired) electrons. The van der Waals surface area contributed by atoms with Gasteiger partial charge in [0.1, 0.15) is 11.4 Å². The van der Waals surface area contributed by atoms with E-state index in [4.69, 9.17) is 4.74 Å². The third-order valence-electron chi connectivity index (χ3n) is 2.12. The molecule has 4 nitrogen and oxygen atoms in total. The van der Waals surface area contributed by atoms with Gasteiger partial charge >= 0.3 is 6.09 Å². The summed E-state index contributed by atoms with van der Waals surface area (Å²) in [7, 11) is 0. The molecule has 0 aromatic heterocycles. The molecular weight excluding hydrogens is 237 g/mol. The number of aliphatic hydroxyl groups excluding tert-OH is 1. The summed E-state index contributed by atoms with van der Waals surface area (Å²) in [5, 5.41) is 11.7. The van der Waals surface area contributed by atoms with Gasteiger partial charge in [0.2, 0.25) is 0 Å². The van der Waals surface area contributed by atoms with Crippen LogP contribution in [0.3, 0.4) is 0 Å². The van der Waals surface area contributed by atoms with Crippen molar-refractivity contribution in [2.24, 2.45) is 0 Å². The van der Waals surface area contributed by atoms with Crippen LogP contribution in [0.2, 0.25) is 0 Å². The zero-order valence-electron chi connectivity index (χ0n) is 10.7. The third-order valence-corrected chi connectivity index (χ3v) is 2.12. The van der Waals surface area contributed by atoms with Crippen LogP contribution < -0.4 is 5.32 Å². The first-order chi connectivity index (χ1) is 8.31. The molecule has 0 spiro atoms. The Balaban J connectivity index is 2.71. The van der Waals surface area contributed by atoms with Gasteiger partial charge in [-0.1, -0.05) is 12.1 Å². The van der Waals surface area contributed by atoms with Crippen molar-refractivity contribution < 1.29 is 19.0 Å². The summed E-state index contributed by atoms with van der Waals surface area (Å²) in [5.74, 6) is -0.420. The number of hydrogen-bond acceptors (Lipinski definition) is 3. The topological polar surface area (TPSA) is 58.6 Å². The van der Waals surface area contributed by atoms with Crippen LogP contribution in [0.1, 0.15) is 32.4 Å². The highest BCUT2D eigenvalue weighted by atomic mass is 19.1. The standard InChI is InChI=1S/C13H18FNO3/c1-13(2,3)18-12(17)15-11(8-16)9-5-4-6-10(14)7-9/h4-7,11,16H,8H2,1-3H3,(H,15,17)/t11-/m0/s1. The number of rotatable bonds is 3. The first-order valence-corrected chi connectivity index (χ1v) is 5.67. The quantitative estimate of drug-likeness (QED) is 0.871. The van der Waals surface area contributed by atoms with Gasteiger partial charge in [0, 0.05) is 0 Å². The van der Waals surface area contributed by atoms with E-state index in [1.807, 2.05) is 0 Å². The zero-order valence-corrected chi connectivity index (χ0v) is 10.7. The van der Waals surface area contributed by atoms with Crippen molar-refractivity contribution in [1.82, 2.24) is 5.32 Å². The summed E-state index contributed by atoms with van der Waals surface area (Å²) < 4.78 is 18.1. The second-order valence-electron chi connectivity index (χ2n) is 4.94. The van der Waals surface area contributed by atoms with Gasteiger partial charge in [0.05, 0.1) is 12.6 Å². The molecule has 0 saturated carbocycles. The van der Waals surface area contributed by atoms with Crippen LogP contribution in [-0.4, -0.2) is 23.4 Å². The van der Waals surface area contributed by atoms with Crippen LogP contribution in [0.25, 0.3) is 0 Å². The van der Waals surface area contributed by atoms with Crippen molar-refractivity contribution in [2.75, 3.05) is 6.61 Å². The molecule has 0 unspecified atom stereocenters. The summed E-state index contributed by atoms with van der Waals surface area (Å²) in [5.41, 5.74) is -0.130. The van der Waals surface area contributed by atoms with E-state index in [9.17, 15) is 14.3 Å². The molecule has 18 heavy (non-hydrogen) atoms. The van der Waals surface area contributed by atoms with Gasteiger partial charge in [0.25, 0.3) is 0 Å². The molecule has 1 amide bonds. The fraction of sp³-hybridized carbons (Fsp3) is 0.462. The van der Waals surface area contributed by atoms with Crippen LogP contribution in [0.4, 0.5) is 9.18 Å². The largest absolute Gasteiger partial charge is 0.444 e. The van der Waals surface area contributed by atoms with Gasteiger partial charge in [0.15, 0.2) is 0 Å². The van der Waals surface area contributed by atoms with Crippen molar-refractivity contribution >= 4 is 6.09 Å². The van der Waals surface area contributed by atoms with Gasteiger partial charge in [-0.3, -0.25) is 0 Å². The average Bonchev–Trinajstić information content (AvgIpc) is 2.23. The Bertz CT molecular complexity index is 415. The van der Waals surface area contributed by atoms with E-state index in [0.29, 0.717) is 5.56 Å². The Labute approximate surface area is 106 Å². The molecule has 2 N–H and O–H groups in total. The lowest BCUT2D eigenvalue weighted by Gasteiger charge is -2.23. The molecular formula is C13H18FNO3. The second-order valence-corrected chi connectivity index (χ2v) is 4.94. The highest BCUT2D eigenvalue weighted by molar-refractivity contribution is 5.68. The number of amides is 1. The van der Waals surface area contributed by atoms with Crippen LogP contribution in [0.15, 0.2) is 24.3 Å². The second kappa shape index (κ2) is 5.82. The number of hydrogen-bond donors (Lipinski definition) is 2. The SMILES string of the molecule is CC(C)(C)OC(=O)N[C@@H](CO)c1cccc(F)c1. The number of alkyl carbamates (subject to hydrolysis) is 1. The Morgan fingerprint density at radius 3 is 2.67 bits per heavy atom. The Hall–Kier alpha value is -1.62. The number of nitrogens with one attached hydrogen (secondary N) is 1. The van der Waals surface area contributed by atoms with E-state index in [2.05, 4.69) is 5.32 Å². The molecule has 0 fully saturated rings. The lowest BCUT2D eigenvalue weighted by atomic mass is 10.1. The van der Waals surface area contributed by atoms with Gasteiger partial charge in [-0.2, -0.15) is 0 Å². The summed E-state index contributed by atoms with van der Waals surface area (Å²) in [6.07, 6.45) is -0.647. The van der Waals surface area contributed by atoms with Crippen LogP contribution >= 0.6 is 0 Å². The summed E-state index contributed by atoms with van der Waals surface area (Å²) in [6.45, 7) is 4.89. The lowest BCUT2D eigenvalue weighted by Crippen LogP contribution is -2.36. The van der Waals surface area contributed by atoms with E-state index >= 15 is 0 Å². The predicted octanol–water partition coefficient (Wildman–Crippen LogP) is 2.38. The van der Waals surface area contributed by atoms with Crippen LogP contribution in [0, 0.1) is 5.82 Å². The molecule has 0 heterocycles. The Morgan fingerprint density at radius 2 is 2.17 bits per heavy atom. The van der Waals surface area contributed by atoms with Gasteiger partial charge in [-0.25, -0.2) is 9.18 Å². The monoisotopic (exact) mass is 255 g/mol. The van der Waals surface area contributed by atoms with Crippen molar-refractivity contribution in [3.8, 4) is 0 Å². The average molecular weight is 255 g/mol. The van der Waals surface area contributed by atoms with Crippen molar-refractivity contribution in [3.05, 3.63) is 35.6 Å². The molecule has 0 aliphatic rings. The molecule has 100 valence electrons. The highest BCUT2D eigenvalue weighted by Crippen LogP contribution is 2.15. The number of benzene rings is 1. The Morgan fingerprint density at radius 1 is 1.50 bits per heavy atom. The highest BCUT2D eigenvalue weighted by Gasteiger charge is 2.20. The summed E-state index contributed by atoms with van der Waals surface area (Å²) in [6, 6.07) is 5.02. The first-order valence-electron chi connectivity index (χ1n) is 5.67. The number of ether oxygens (including phenoxy) is 1. The molecule has 0 bridgehead atoms. The molecule has 1 aromatic rings. The number of carbonyl (C=O) groups is 1. The molecule has 0 aliphatic carbocycles. The fourth-order valence-electron chi connectivity index (χ4n) is 1.41. The van der Waals surface area contributed by atoms with Gasteiger partial charge in [-0.15, -0.1) is 0 Å². The molecule has 0 aliphatic heterocycles. The normalized spacial score (nSPS) is 12.9. The van der Waals surface area contributed by atoms with E-state index < -0.39 is 23.6 Å². The summed E-state index contributed by atoms with van der Waals surface area (Å²) >= 11 is 0. The first kappa shape index (κ1) is 14.4. The zero-order chi connectivity index (χ0) is 13.8.